The minimum Gasteiger partial charge on any atom is -0.353 e. The summed E-state index contributed by atoms with van der Waals surface area (Å²) >= 11 is 0. The molecular formula is C21H41N4O2+. The minimum absolute atomic E-state index is 0.0909. The van der Waals surface area contributed by atoms with E-state index in [1.807, 2.05) is 0 Å². The summed E-state index contributed by atoms with van der Waals surface area (Å²) in [6.45, 7) is 12.7. The predicted octanol–water partition coefficient (Wildman–Crippen LogP) is 1.94. The summed E-state index contributed by atoms with van der Waals surface area (Å²) in [7, 11) is 6.66. The van der Waals surface area contributed by atoms with Crippen LogP contribution >= 0.6 is 0 Å². The molecule has 0 aromatic rings. The van der Waals surface area contributed by atoms with Gasteiger partial charge in [-0.1, -0.05) is 19.6 Å². The van der Waals surface area contributed by atoms with E-state index in [1.54, 1.807) is 0 Å². The molecule has 2 amide bonds. The highest BCUT2D eigenvalue weighted by Gasteiger charge is 2.13. The Labute approximate surface area is 166 Å². The molecule has 0 saturated carbocycles. The van der Waals surface area contributed by atoms with E-state index in [9.17, 15) is 9.59 Å². The normalized spacial score (nSPS) is 11.3. The molecule has 27 heavy (non-hydrogen) atoms. The quantitative estimate of drug-likeness (QED) is 0.230. The number of unbranched alkanes of at least 4 members (excludes halogenated alkanes) is 3. The molecule has 0 aromatic heterocycles. The number of rotatable bonds is 17. The summed E-state index contributed by atoms with van der Waals surface area (Å²) in [6, 6.07) is 0. The van der Waals surface area contributed by atoms with E-state index in [-0.39, 0.29) is 11.8 Å². The van der Waals surface area contributed by atoms with Gasteiger partial charge in [0.2, 0.25) is 11.8 Å². The van der Waals surface area contributed by atoms with E-state index in [2.05, 4.69) is 49.8 Å². The number of hydrogen-bond acceptors (Lipinski definition) is 3. The highest BCUT2D eigenvalue weighted by Crippen LogP contribution is 2.07. The van der Waals surface area contributed by atoms with Gasteiger partial charge in [-0.3, -0.25) is 9.59 Å². The second kappa shape index (κ2) is 15.4. The molecule has 0 fully saturated rings. The van der Waals surface area contributed by atoms with Crippen molar-refractivity contribution >= 4 is 11.8 Å². The van der Waals surface area contributed by atoms with Crippen LogP contribution in [0.1, 0.15) is 38.5 Å². The number of quaternary nitrogens is 1. The zero-order valence-electron chi connectivity index (χ0n) is 17.8. The first-order valence-electron chi connectivity index (χ1n) is 10.1. The van der Waals surface area contributed by atoms with Crippen molar-refractivity contribution in [2.75, 3.05) is 60.4 Å². The first-order chi connectivity index (χ1) is 12.8. The van der Waals surface area contributed by atoms with Crippen molar-refractivity contribution in [3.63, 3.8) is 0 Å². The van der Waals surface area contributed by atoms with Gasteiger partial charge in [-0.25, -0.2) is 0 Å². The lowest BCUT2D eigenvalue weighted by atomic mass is 10.1. The maximum atomic E-state index is 11.1. The van der Waals surface area contributed by atoms with Crippen LogP contribution < -0.4 is 10.6 Å². The van der Waals surface area contributed by atoms with Gasteiger partial charge in [-0.2, -0.15) is 0 Å². The molecule has 2 N–H and O–H groups in total. The Morgan fingerprint density at radius 1 is 0.815 bits per heavy atom. The van der Waals surface area contributed by atoms with E-state index >= 15 is 0 Å². The van der Waals surface area contributed by atoms with E-state index in [4.69, 9.17) is 0 Å². The van der Waals surface area contributed by atoms with Crippen LogP contribution in [-0.2, 0) is 9.59 Å². The molecule has 0 aromatic carbocycles. The SMILES string of the molecule is C=CC(=O)NCCCN(C)CCCCCC[N+](C)(C)CCCNC(=O)C=C. The van der Waals surface area contributed by atoms with Crippen molar-refractivity contribution in [3.8, 4) is 0 Å². The fraction of sp³-hybridized carbons (Fsp3) is 0.714. The van der Waals surface area contributed by atoms with Gasteiger partial charge in [0.15, 0.2) is 0 Å². The van der Waals surface area contributed by atoms with E-state index in [0.29, 0.717) is 6.54 Å². The molecule has 0 atom stereocenters. The molecule has 0 heterocycles. The zero-order valence-corrected chi connectivity index (χ0v) is 17.8. The van der Waals surface area contributed by atoms with Crippen molar-refractivity contribution < 1.29 is 14.1 Å². The second-order valence-corrected chi connectivity index (χ2v) is 7.80. The molecule has 0 radical (unpaired) electrons. The van der Waals surface area contributed by atoms with Gasteiger partial charge in [0.1, 0.15) is 0 Å². The van der Waals surface area contributed by atoms with Gasteiger partial charge < -0.3 is 20.0 Å². The van der Waals surface area contributed by atoms with Gasteiger partial charge in [-0.15, -0.1) is 0 Å². The van der Waals surface area contributed by atoms with E-state index in [1.165, 1.54) is 44.4 Å². The maximum Gasteiger partial charge on any atom is 0.243 e. The first kappa shape index (κ1) is 25.3. The summed E-state index contributed by atoms with van der Waals surface area (Å²) in [6.07, 6.45) is 9.56. The van der Waals surface area contributed by atoms with E-state index in [0.717, 1.165) is 43.5 Å². The topological polar surface area (TPSA) is 61.4 Å². The number of carbonyl (C=O) groups is 2. The van der Waals surface area contributed by atoms with Crippen molar-refractivity contribution in [1.82, 2.24) is 15.5 Å². The Morgan fingerprint density at radius 2 is 1.30 bits per heavy atom. The lowest BCUT2D eigenvalue weighted by Crippen LogP contribution is -2.42. The van der Waals surface area contributed by atoms with Crippen molar-refractivity contribution in [2.24, 2.45) is 0 Å². The van der Waals surface area contributed by atoms with Gasteiger partial charge >= 0.3 is 0 Å². The van der Waals surface area contributed by atoms with Crippen molar-refractivity contribution in [3.05, 3.63) is 25.3 Å². The van der Waals surface area contributed by atoms with Crippen LogP contribution in [0.5, 0.6) is 0 Å². The highest BCUT2D eigenvalue weighted by atomic mass is 16.2. The molecule has 6 heteroatoms. The summed E-state index contributed by atoms with van der Waals surface area (Å²) in [5.41, 5.74) is 0. The molecule has 0 bridgehead atoms. The Balaban J connectivity index is 3.57. The van der Waals surface area contributed by atoms with Crippen LogP contribution in [0.15, 0.2) is 25.3 Å². The van der Waals surface area contributed by atoms with Crippen LogP contribution in [0.4, 0.5) is 0 Å². The Morgan fingerprint density at radius 3 is 1.89 bits per heavy atom. The average molecular weight is 382 g/mol. The maximum absolute atomic E-state index is 11.1. The highest BCUT2D eigenvalue weighted by molar-refractivity contribution is 5.87. The number of carbonyl (C=O) groups excluding carboxylic acids is 2. The fourth-order valence-corrected chi connectivity index (χ4v) is 2.92. The van der Waals surface area contributed by atoms with Crippen LogP contribution in [0.3, 0.4) is 0 Å². The van der Waals surface area contributed by atoms with Crippen molar-refractivity contribution in [2.45, 2.75) is 38.5 Å². The number of nitrogens with one attached hydrogen (secondary N) is 2. The Kier molecular flexibility index (Phi) is 14.5. The Hall–Kier alpha value is -1.66. The standard InChI is InChI=1S/C21H40N4O2/c1-6-20(26)22-14-12-17-24(3)16-10-8-9-11-18-25(4,5)19-13-15-23-21(27)7-2/h6-7H,1-2,8-19H2,3-5H3,(H-,22,23,26,27)/p+1. The molecular weight excluding hydrogens is 340 g/mol. The molecule has 0 unspecified atom stereocenters. The summed E-state index contributed by atoms with van der Waals surface area (Å²) in [5.74, 6) is -0.188. The number of hydrogen-bond donors (Lipinski definition) is 2. The molecule has 0 spiro atoms. The summed E-state index contributed by atoms with van der Waals surface area (Å²) in [5, 5.41) is 5.63. The van der Waals surface area contributed by atoms with Gasteiger partial charge in [0.25, 0.3) is 0 Å². The molecule has 0 saturated heterocycles. The smallest absolute Gasteiger partial charge is 0.243 e. The van der Waals surface area contributed by atoms with Gasteiger partial charge in [0.05, 0.1) is 27.2 Å². The zero-order chi connectivity index (χ0) is 20.5. The lowest BCUT2D eigenvalue weighted by Gasteiger charge is -2.30. The summed E-state index contributed by atoms with van der Waals surface area (Å²) < 4.78 is 1.00. The number of nitrogens with zero attached hydrogens (tertiary/aromatic N) is 2. The molecule has 0 aliphatic rings. The second-order valence-electron chi connectivity index (χ2n) is 7.80. The third-order valence-corrected chi connectivity index (χ3v) is 4.68. The number of amides is 2. The Bertz CT molecular complexity index is 449. The molecule has 0 aliphatic carbocycles. The molecule has 6 nitrogen and oxygen atoms in total. The van der Waals surface area contributed by atoms with Crippen LogP contribution in [-0.4, -0.2) is 81.6 Å². The third-order valence-electron chi connectivity index (χ3n) is 4.68. The largest absolute Gasteiger partial charge is 0.353 e. The van der Waals surface area contributed by atoms with E-state index < -0.39 is 0 Å². The van der Waals surface area contributed by atoms with Crippen LogP contribution in [0.25, 0.3) is 0 Å². The third kappa shape index (κ3) is 16.3. The minimum atomic E-state index is -0.0968. The average Bonchev–Trinajstić information content (AvgIpc) is 2.64. The molecule has 0 rings (SSSR count). The monoisotopic (exact) mass is 381 g/mol. The van der Waals surface area contributed by atoms with Crippen LogP contribution in [0.2, 0.25) is 0 Å². The summed E-state index contributed by atoms with van der Waals surface area (Å²) in [4.78, 5) is 24.5. The first-order valence-corrected chi connectivity index (χ1v) is 10.1. The van der Waals surface area contributed by atoms with Gasteiger partial charge in [0, 0.05) is 19.5 Å². The van der Waals surface area contributed by atoms with Crippen molar-refractivity contribution in [1.29, 1.82) is 0 Å². The van der Waals surface area contributed by atoms with Gasteiger partial charge in [-0.05, 0) is 58.0 Å². The molecule has 156 valence electrons. The fourth-order valence-electron chi connectivity index (χ4n) is 2.92. The predicted molar refractivity (Wildman–Crippen MR) is 113 cm³/mol. The molecule has 0 aliphatic heterocycles. The van der Waals surface area contributed by atoms with Crippen LogP contribution in [0, 0.1) is 0 Å². The lowest BCUT2D eigenvalue weighted by molar-refractivity contribution is -0.890.